The highest BCUT2D eigenvalue weighted by Gasteiger charge is 2.49. The Morgan fingerprint density at radius 1 is 1.06 bits per heavy atom. The predicted molar refractivity (Wildman–Crippen MR) is 118 cm³/mol. The summed E-state index contributed by atoms with van der Waals surface area (Å²) in [6.07, 6.45) is 1.88. The summed E-state index contributed by atoms with van der Waals surface area (Å²) >= 11 is 0. The Kier molecular flexibility index (Phi) is 6.01. The molecular weight excluding hydrogens is 458 g/mol. The van der Waals surface area contributed by atoms with Gasteiger partial charge in [-0.3, -0.25) is 9.11 Å². The second-order valence-corrected chi connectivity index (χ2v) is 11.3. The average Bonchev–Trinajstić information content (AvgIpc) is 2.86. The predicted octanol–water partition coefficient (Wildman–Crippen LogP) is 3.37. The number of unbranched alkanes of at least 4 members (excludes halogenated alkanes) is 1. The number of hydrogen-bond donors (Lipinski definition) is 3. The third-order valence-electron chi connectivity index (χ3n) is 6.20. The van der Waals surface area contributed by atoms with Gasteiger partial charge in [0.15, 0.2) is 5.71 Å². The molecule has 0 saturated heterocycles. The molecule has 0 aromatic heterocycles. The number of carboxylic acid groups (broad SMARTS) is 1. The van der Waals surface area contributed by atoms with Gasteiger partial charge in [0.25, 0.3) is 26.3 Å². The van der Waals surface area contributed by atoms with Gasteiger partial charge < -0.3 is 5.11 Å². The van der Waals surface area contributed by atoms with Crippen LogP contribution >= 0.6 is 0 Å². The van der Waals surface area contributed by atoms with Crippen LogP contribution in [-0.2, 0) is 30.4 Å². The van der Waals surface area contributed by atoms with E-state index >= 15 is 0 Å². The lowest BCUT2D eigenvalue weighted by Crippen LogP contribution is -2.36. The molecule has 1 aliphatic heterocycles. The number of carboxylic acids is 1. The van der Waals surface area contributed by atoms with Crippen LogP contribution in [0.25, 0.3) is 10.8 Å². The Morgan fingerprint density at radius 3 is 2.19 bits per heavy atom. The number of benzene rings is 2. The van der Waals surface area contributed by atoms with Crippen LogP contribution in [0, 0.1) is 0 Å². The molecule has 2 aromatic rings. The van der Waals surface area contributed by atoms with Gasteiger partial charge >= 0.3 is 5.97 Å². The van der Waals surface area contributed by atoms with Gasteiger partial charge in [0, 0.05) is 30.4 Å². The van der Waals surface area contributed by atoms with Gasteiger partial charge in [0.1, 0.15) is 4.90 Å². The minimum Gasteiger partial charge on any atom is -0.476 e. The lowest BCUT2D eigenvalue weighted by molar-refractivity contribution is -0.472. The quantitative estimate of drug-likeness (QED) is 0.400. The highest BCUT2D eigenvalue weighted by atomic mass is 32.2. The third kappa shape index (κ3) is 3.94. The SMILES string of the molecule is CCCCC(C(=O)O)[N+]1=C(C)C(C)(C)c2c1ccc1c(S(=O)(=O)O)cc(S(=O)(=O)O)cc21. The summed E-state index contributed by atoms with van der Waals surface area (Å²) < 4.78 is 68.7. The lowest BCUT2D eigenvalue weighted by Gasteiger charge is -2.18. The van der Waals surface area contributed by atoms with Crippen molar-refractivity contribution in [2.75, 3.05) is 0 Å². The summed E-state index contributed by atoms with van der Waals surface area (Å²) in [4.78, 5) is 10.8. The van der Waals surface area contributed by atoms with E-state index in [0.717, 1.165) is 12.5 Å². The number of carbonyl (C=O) groups is 1. The first-order valence-electron chi connectivity index (χ1n) is 10.0. The van der Waals surface area contributed by atoms with Gasteiger partial charge in [-0.1, -0.05) is 13.3 Å². The molecule has 9 nitrogen and oxygen atoms in total. The summed E-state index contributed by atoms with van der Waals surface area (Å²) in [5.74, 6) is -1.01. The van der Waals surface area contributed by atoms with Crippen molar-refractivity contribution >= 4 is 48.4 Å². The molecule has 3 N–H and O–H groups in total. The molecule has 0 bridgehead atoms. The smallest absolute Gasteiger partial charge is 0.373 e. The van der Waals surface area contributed by atoms with Gasteiger partial charge in [-0.15, -0.1) is 0 Å². The Morgan fingerprint density at radius 2 is 1.69 bits per heavy atom. The lowest BCUT2D eigenvalue weighted by atomic mass is 9.80. The molecule has 0 fully saturated rings. The van der Waals surface area contributed by atoms with Gasteiger partial charge in [-0.25, -0.2) is 4.79 Å². The zero-order valence-corrected chi connectivity index (χ0v) is 19.8. The molecule has 0 radical (unpaired) electrons. The first-order chi connectivity index (χ1) is 14.6. The molecule has 2 aromatic carbocycles. The van der Waals surface area contributed by atoms with E-state index in [1.807, 2.05) is 20.8 Å². The fourth-order valence-corrected chi connectivity index (χ4v) is 5.75. The van der Waals surface area contributed by atoms with Gasteiger partial charge in [0.05, 0.1) is 10.3 Å². The molecule has 0 spiro atoms. The van der Waals surface area contributed by atoms with Crippen molar-refractivity contribution in [3.63, 3.8) is 0 Å². The molecule has 3 rings (SSSR count). The standard InChI is InChI=1S/C21H25NO8S2/c1-5-6-7-17(20(23)24)22-12(2)21(3,4)19-15-10-13(31(25,26)27)11-18(32(28,29)30)14(15)8-9-16(19)22/h8-11,17H,5-7H2,1-4H3,(H2-,23,24,25,26,27,28,29,30)/p+1. The van der Waals surface area contributed by atoms with Crippen molar-refractivity contribution < 1.29 is 40.4 Å². The molecule has 0 aliphatic carbocycles. The van der Waals surface area contributed by atoms with Crippen molar-refractivity contribution in [1.82, 2.24) is 0 Å². The Balaban J connectivity index is 2.46. The van der Waals surface area contributed by atoms with E-state index in [9.17, 15) is 35.8 Å². The topological polar surface area (TPSA) is 149 Å². The van der Waals surface area contributed by atoms with Crippen molar-refractivity contribution in [2.24, 2.45) is 0 Å². The summed E-state index contributed by atoms with van der Waals surface area (Å²) in [6.45, 7) is 7.39. The zero-order valence-electron chi connectivity index (χ0n) is 18.2. The maximum absolute atomic E-state index is 12.1. The van der Waals surface area contributed by atoms with Crippen LogP contribution in [-0.4, -0.2) is 53.3 Å². The Hall–Kier alpha value is -2.34. The molecule has 1 aliphatic rings. The monoisotopic (exact) mass is 484 g/mol. The van der Waals surface area contributed by atoms with Crippen molar-refractivity contribution in [3.8, 4) is 0 Å². The Labute approximate surface area is 186 Å². The molecule has 1 unspecified atom stereocenters. The average molecular weight is 485 g/mol. The largest absolute Gasteiger partial charge is 0.476 e. The first-order valence-corrected chi connectivity index (χ1v) is 12.9. The summed E-state index contributed by atoms with van der Waals surface area (Å²) in [5.41, 5.74) is 0.945. The molecule has 0 saturated carbocycles. The molecule has 0 amide bonds. The molecule has 32 heavy (non-hydrogen) atoms. The van der Waals surface area contributed by atoms with Crippen molar-refractivity contribution in [2.45, 2.75) is 68.2 Å². The van der Waals surface area contributed by atoms with E-state index < -0.39 is 47.5 Å². The van der Waals surface area contributed by atoms with Crippen LogP contribution in [0.5, 0.6) is 0 Å². The fourth-order valence-electron chi connectivity index (χ4n) is 4.41. The molecular formula is C21H26NO8S2+. The number of fused-ring (bicyclic) bond motifs is 3. The third-order valence-corrected chi connectivity index (χ3v) is 7.93. The fraction of sp³-hybridized carbons (Fsp3) is 0.429. The first kappa shape index (κ1) is 24.3. The highest BCUT2D eigenvalue weighted by molar-refractivity contribution is 7.86. The van der Waals surface area contributed by atoms with Crippen LogP contribution in [0.3, 0.4) is 0 Å². The van der Waals surface area contributed by atoms with Gasteiger partial charge in [-0.2, -0.15) is 21.4 Å². The summed E-state index contributed by atoms with van der Waals surface area (Å²) in [5, 5.41) is 10.2. The second kappa shape index (κ2) is 7.91. The van der Waals surface area contributed by atoms with E-state index in [-0.39, 0.29) is 10.8 Å². The van der Waals surface area contributed by atoms with E-state index in [1.165, 1.54) is 6.07 Å². The molecule has 1 atom stereocenters. The van der Waals surface area contributed by atoms with Gasteiger partial charge in [-0.05, 0) is 43.9 Å². The van der Waals surface area contributed by atoms with Crippen molar-refractivity contribution in [3.05, 3.63) is 29.8 Å². The van der Waals surface area contributed by atoms with Crippen LogP contribution in [0.4, 0.5) is 5.69 Å². The van der Waals surface area contributed by atoms with E-state index in [0.29, 0.717) is 35.9 Å². The highest BCUT2D eigenvalue weighted by Crippen LogP contribution is 2.46. The Bertz CT molecular complexity index is 1370. The maximum atomic E-state index is 12.1. The second-order valence-electron chi connectivity index (χ2n) is 8.50. The molecule has 11 heteroatoms. The minimum absolute atomic E-state index is 0.0711. The number of nitrogens with zero attached hydrogens (tertiary/aromatic N) is 1. The van der Waals surface area contributed by atoms with Crippen LogP contribution in [0.1, 0.15) is 52.5 Å². The van der Waals surface area contributed by atoms with E-state index in [2.05, 4.69) is 0 Å². The number of rotatable bonds is 7. The van der Waals surface area contributed by atoms with Crippen LogP contribution < -0.4 is 0 Å². The van der Waals surface area contributed by atoms with Crippen LogP contribution in [0.15, 0.2) is 34.1 Å². The van der Waals surface area contributed by atoms with Gasteiger partial charge in [0.2, 0.25) is 5.69 Å². The number of aliphatic carboxylic acids is 1. The summed E-state index contributed by atoms with van der Waals surface area (Å²) in [6, 6.07) is 3.99. The van der Waals surface area contributed by atoms with Crippen LogP contribution in [0.2, 0.25) is 0 Å². The molecule has 1 heterocycles. The van der Waals surface area contributed by atoms with E-state index in [4.69, 9.17) is 0 Å². The maximum Gasteiger partial charge on any atom is 0.373 e. The van der Waals surface area contributed by atoms with Crippen molar-refractivity contribution in [1.29, 1.82) is 0 Å². The summed E-state index contributed by atoms with van der Waals surface area (Å²) in [7, 11) is -9.62. The zero-order chi connectivity index (χ0) is 24.2. The normalized spacial score (nSPS) is 16.9. The number of hydrogen-bond acceptors (Lipinski definition) is 5. The minimum atomic E-state index is -4.83. The van der Waals surface area contributed by atoms with E-state index in [1.54, 1.807) is 17.6 Å². The molecule has 174 valence electrons.